The van der Waals surface area contributed by atoms with E-state index >= 15 is 0 Å². The molecule has 4 aromatic carbocycles. The fourth-order valence-electron chi connectivity index (χ4n) is 4.27. The van der Waals surface area contributed by atoms with Crippen LogP contribution in [0.5, 0.6) is 0 Å². The van der Waals surface area contributed by atoms with Crippen LogP contribution in [0.25, 0.3) is 33.4 Å². The molecule has 194 valence electrons. The highest BCUT2D eigenvalue weighted by Gasteiger charge is 2.20. The maximum absolute atomic E-state index is 12.5. The topological polar surface area (TPSA) is 52.6 Å². The Kier molecular flexibility index (Phi) is 8.75. The summed E-state index contributed by atoms with van der Waals surface area (Å²) in [5, 5.41) is 0. The van der Waals surface area contributed by atoms with E-state index in [1.54, 1.807) is 12.1 Å². The normalized spacial score (nSPS) is 11.6. The van der Waals surface area contributed by atoms with Crippen molar-refractivity contribution < 1.29 is 19.1 Å². The van der Waals surface area contributed by atoms with Gasteiger partial charge in [0.1, 0.15) is 0 Å². The first kappa shape index (κ1) is 26.9. The van der Waals surface area contributed by atoms with Gasteiger partial charge in [0.15, 0.2) is 6.10 Å². The maximum atomic E-state index is 12.5. The zero-order valence-electron chi connectivity index (χ0n) is 22.5. The molecule has 0 saturated carbocycles. The lowest BCUT2D eigenvalue weighted by Gasteiger charge is -2.13. The van der Waals surface area contributed by atoms with Gasteiger partial charge in [0.05, 0.1) is 12.2 Å². The average Bonchev–Trinajstić information content (AvgIpc) is 2.93. The fraction of sp³-hybridized carbons (Fsp3) is 0.235. The molecule has 0 fully saturated rings. The van der Waals surface area contributed by atoms with Crippen molar-refractivity contribution in [3.63, 3.8) is 0 Å². The van der Waals surface area contributed by atoms with Gasteiger partial charge in [0, 0.05) is 0 Å². The lowest BCUT2D eigenvalue weighted by atomic mass is 9.94. The third-order valence-electron chi connectivity index (χ3n) is 6.62. The fourth-order valence-corrected chi connectivity index (χ4v) is 4.27. The average molecular weight is 507 g/mol. The Bertz CT molecular complexity index is 1380. The molecule has 0 N–H and O–H groups in total. The Morgan fingerprint density at radius 3 is 1.82 bits per heavy atom. The van der Waals surface area contributed by atoms with Gasteiger partial charge in [-0.1, -0.05) is 97.8 Å². The molecule has 4 nitrogen and oxygen atoms in total. The molecular weight excluding hydrogens is 472 g/mol. The van der Waals surface area contributed by atoms with E-state index in [4.69, 9.17) is 9.47 Å². The van der Waals surface area contributed by atoms with Crippen molar-refractivity contribution in [3.05, 3.63) is 108 Å². The van der Waals surface area contributed by atoms with Crippen molar-refractivity contribution in [2.75, 3.05) is 6.61 Å². The quantitative estimate of drug-likeness (QED) is 0.170. The summed E-state index contributed by atoms with van der Waals surface area (Å²) in [4.78, 5) is 24.5. The molecule has 0 spiro atoms. The molecule has 0 aliphatic heterocycles. The molecule has 1 atom stereocenters. The first-order valence-corrected chi connectivity index (χ1v) is 13.1. The highest BCUT2D eigenvalue weighted by Crippen LogP contribution is 2.30. The standard InChI is InChI=1S/C34H34O4/c1-5-6-21-37-33(35)25(4)38-34(36)30-17-15-29(16-18-30)32-20-19-31(22-24(32)3)28-13-11-27(12-14-28)26-9-7-23(2)8-10-26/h7-20,22,25H,5-6,21H2,1-4H3. The molecule has 0 aliphatic rings. The van der Waals surface area contributed by atoms with Crippen LogP contribution in [0.4, 0.5) is 0 Å². The van der Waals surface area contributed by atoms with E-state index < -0.39 is 18.0 Å². The number of hydrogen-bond acceptors (Lipinski definition) is 4. The third kappa shape index (κ3) is 6.57. The Morgan fingerprint density at radius 2 is 1.24 bits per heavy atom. The number of hydrogen-bond donors (Lipinski definition) is 0. The lowest BCUT2D eigenvalue weighted by molar-refractivity contribution is -0.153. The summed E-state index contributed by atoms with van der Waals surface area (Å²) >= 11 is 0. The second-order valence-electron chi connectivity index (χ2n) is 9.62. The van der Waals surface area contributed by atoms with E-state index in [9.17, 15) is 9.59 Å². The van der Waals surface area contributed by atoms with Crippen LogP contribution in [0.1, 0.15) is 48.2 Å². The van der Waals surface area contributed by atoms with E-state index in [-0.39, 0.29) is 0 Å². The number of unbranched alkanes of at least 4 members (excludes halogenated alkanes) is 1. The molecule has 0 saturated heterocycles. The van der Waals surface area contributed by atoms with Crippen molar-refractivity contribution in [3.8, 4) is 33.4 Å². The van der Waals surface area contributed by atoms with Crippen LogP contribution in [0.2, 0.25) is 0 Å². The Balaban J connectivity index is 1.42. The number of benzene rings is 4. The minimum Gasteiger partial charge on any atom is -0.463 e. The summed E-state index contributed by atoms with van der Waals surface area (Å²) in [6.07, 6.45) is 0.770. The van der Waals surface area contributed by atoms with Crippen LogP contribution >= 0.6 is 0 Å². The predicted molar refractivity (Wildman–Crippen MR) is 153 cm³/mol. The van der Waals surface area contributed by atoms with E-state index in [0.29, 0.717) is 12.2 Å². The van der Waals surface area contributed by atoms with Gasteiger partial charge in [0.25, 0.3) is 0 Å². The SMILES string of the molecule is CCCCOC(=O)C(C)OC(=O)c1ccc(-c2ccc(-c3ccc(-c4ccc(C)cc4)cc3)cc2C)cc1. The summed E-state index contributed by atoms with van der Waals surface area (Å²) in [6.45, 7) is 8.07. The second-order valence-corrected chi connectivity index (χ2v) is 9.62. The summed E-state index contributed by atoms with van der Waals surface area (Å²) in [5.74, 6) is -1.07. The molecule has 0 amide bonds. The second kappa shape index (κ2) is 12.4. The smallest absolute Gasteiger partial charge is 0.347 e. The number of esters is 2. The number of carbonyl (C=O) groups is 2. The first-order chi connectivity index (χ1) is 18.4. The van der Waals surface area contributed by atoms with Gasteiger partial charge in [-0.2, -0.15) is 0 Å². The van der Waals surface area contributed by atoms with E-state index in [1.807, 2.05) is 19.1 Å². The highest BCUT2D eigenvalue weighted by atomic mass is 16.6. The molecule has 0 radical (unpaired) electrons. The van der Waals surface area contributed by atoms with Gasteiger partial charge in [-0.05, 0) is 78.3 Å². The van der Waals surface area contributed by atoms with Crippen LogP contribution in [-0.2, 0) is 14.3 Å². The van der Waals surface area contributed by atoms with Crippen LogP contribution in [-0.4, -0.2) is 24.6 Å². The summed E-state index contributed by atoms with van der Waals surface area (Å²) in [5.41, 5.74) is 9.62. The Morgan fingerprint density at radius 1 is 0.711 bits per heavy atom. The van der Waals surface area contributed by atoms with Crippen LogP contribution < -0.4 is 0 Å². The largest absolute Gasteiger partial charge is 0.463 e. The molecule has 38 heavy (non-hydrogen) atoms. The zero-order valence-corrected chi connectivity index (χ0v) is 22.5. The molecule has 0 heterocycles. The van der Waals surface area contributed by atoms with Gasteiger partial charge < -0.3 is 9.47 Å². The van der Waals surface area contributed by atoms with Crippen molar-refractivity contribution in [2.24, 2.45) is 0 Å². The maximum Gasteiger partial charge on any atom is 0.347 e. The number of aryl methyl sites for hydroxylation is 2. The van der Waals surface area contributed by atoms with Gasteiger partial charge in [-0.3, -0.25) is 0 Å². The molecule has 4 rings (SSSR count). The monoisotopic (exact) mass is 506 g/mol. The number of ether oxygens (including phenoxy) is 2. The highest BCUT2D eigenvalue weighted by molar-refractivity contribution is 5.92. The molecule has 1 unspecified atom stereocenters. The van der Waals surface area contributed by atoms with Crippen LogP contribution in [0, 0.1) is 13.8 Å². The molecular formula is C34H34O4. The molecule has 4 heteroatoms. The summed E-state index contributed by atoms with van der Waals surface area (Å²) < 4.78 is 10.4. The Labute approximate surface area is 225 Å². The van der Waals surface area contributed by atoms with E-state index in [2.05, 4.69) is 80.6 Å². The summed E-state index contributed by atoms with van der Waals surface area (Å²) in [6, 6.07) is 30.9. The number of rotatable bonds is 9. The number of carbonyl (C=O) groups excluding carboxylic acids is 2. The molecule has 0 aromatic heterocycles. The van der Waals surface area contributed by atoms with Crippen molar-refractivity contribution in [1.29, 1.82) is 0 Å². The van der Waals surface area contributed by atoms with Gasteiger partial charge in [-0.25, -0.2) is 9.59 Å². The van der Waals surface area contributed by atoms with Gasteiger partial charge >= 0.3 is 11.9 Å². The minimum atomic E-state index is -0.945. The Hall–Kier alpha value is -4.18. The molecule has 0 bridgehead atoms. The first-order valence-electron chi connectivity index (χ1n) is 13.1. The lowest BCUT2D eigenvalue weighted by Crippen LogP contribution is -2.26. The zero-order chi connectivity index (χ0) is 27.1. The van der Waals surface area contributed by atoms with Crippen molar-refractivity contribution in [1.82, 2.24) is 0 Å². The van der Waals surface area contributed by atoms with Gasteiger partial charge in [0.2, 0.25) is 0 Å². The molecule has 0 aliphatic carbocycles. The van der Waals surface area contributed by atoms with Crippen LogP contribution in [0.3, 0.4) is 0 Å². The molecule has 4 aromatic rings. The van der Waals surface area contributed by atoms with Crippen molar-refractivity contribution >= 4 is 11.9 Å². The minimum absolute atomic E-state index is 0.336. The summed E-state index contributed by atoms with van der Waals surface area (Å²) in [7, 11) is 0. The van der Waals surface area contributed by atoms with E-state index in [0.717, 1.165) is 40.7 Å². The van der Waals surface area contributed by atoms with E-state index in [1.165, 1.54) is 23.6 Å². The third-order valence-corrected chi connectivity index (χ3v) is 6.62. The van der Waals surface area contributed by atoms with Crippen LogP contribution in [0.15, 0.2) is 91.0 Å². The predicted octanol–water partition coefficient (Wildman–Crippen LogP) is 8.19. The van der Waals surface area contributed by atoms with Gasteiger partial charge in [-0.15, -0.1) is 0 Å². The van der Waals surface area contributed by atoms with Crippen molar-refractivity contribution in [2.45, 2.75) is 46.6 Å².